The van der Waals surface area contributed by atoms with Crippen LogP contribution in [-0.2, 0) is 14.4 Å². The first-order chi connectivity index (χ1) is 17.9. The van der Waals surface area contributed by atoms with Crippen LogP contribution in [0.3, 0.4) is 0 Å². The molecule has 2 heterocycles. The van der Waals surface area contributed by atoms with Gasteiger partial charge in [-0.05, 0) is 42.3 Å². The molecule has 1 unspecified atom stereocenters. The predicted molar refractivity (Wildman–Crippen MR) is 136 cm³/mol. The fourth-order valence-corrected chi connectivity index (χ4v) is 4.41. The molecular weight excluding hydrogens is 472 g/mol. The summed E-state index contributed by atoms with van der Waals surface area (Å²) >= 11 is 0. The number of benzene rings is 3. The Morgan fingerprint density at radius 1 is 0.919 bits per heavy atom. The van der Waals surface area contributed by atoms with Gasteiger partial charge in [0.05, 0.1) is 24.6 Å². The van der Waals surface area contributed by atoms with Crippen molar-refractivity contribution in [2.24, 2.45) is 5.10 Å². The van der Waals surface area contributed by atoms with E-state index in [1.807, 2.05) is 49.4 Å². The number of hydrogen-bond donors (Lipinski definition) is 0. The van der Waals surface area contributed by atoms with Crippen LogP contribution in [0.5, 0.6) is 5.75 Å². The SMILES string of the molecule is COc1ccc(C2CC(c3ccccc3)=NN2C(=O)CN2C(=O)C(=O)N(c3ccc(C)cc3)C2=O)cc1. The van der Waals surface area contributed by atoms with Gasteiger partial charge in [0.1, 0.15) is 12.3 Å². The van der Waals surface area contributed by atoms with E-state index in [4.69, 9.17) is 4.74 Å². The van der Waals surface area contributed by atoms with Crippen molar-refractivity contribution in [1.82, 2.24) is 9.91 Å². The summed E-state index contributed by atoms with van der Waals surface area (Å²) in [5.74, 6) is -1.95. The van der Waals surface area contributed by atoms with E-state index >= 15 is 0 Å². The van der Waals surface area contributed by atoms with Gasteiger partial charge in [0, 0.05) is 6.42 Å². The third-order valence-electron chi connectivity index (χ3n) is 6.41. The Labute approximate surface area is 213 Å². The Hall–Kier alpha value is -4.79. The average molecular weight is 497 g/mol. The summed E-state index contributed by atoms with van der Waals surface area (Å²) in [6, 6.07) is 22.1. The highest BCUT2D eigenvalue weighted by molar-refractivity contribution is 6.53. The van der Waals surface area contributed by atoms with Crippen LogP contribution in [0.4, 0.5) is 10.5 Å². The van der Waals surface area contributed by atoms with E-state index in [1.54, 1.807) is 43.5 Å². The van der Waals surface area contributed by atoms with E-state index in [1.165, 1.54) is 5.01 Å². The molecule has 186 valence electrons. The molecule has 5 amide bonds. The molecule has 1 atom stereocenters. The maximum absolute atomic E-state index is 13.5. The van der Waals surface area contributed by atoms with Crippen LogP contribution in [0.15, 0.2) is 84.0 Å². The number of hydrogen-bond acceptors (Lipinski definition) is 6. The maximum atomic E-state index is 13.5. The quantitative estimate of drug-likeness (QED) is 0.383. The van der Waals surface area contributed by atoms with Crippen molar-refractivity contribution < 1.29 is 23.9 Å². The molecule has 0 aromatic heterocycles. The summed E-state index contributed by atoms with van der Waals surface area (Å²) in [6.07, 6.45) is 0.443. The highest BCUT2D eigenvalue weighted by Gasteiger charge is 2.47. The van der Waals surface area contributed by atoms with Gasteiger partial charge >= 0.3 is 17.8 Å². The van der Waals surface area contributed by atoms with Gasteiger partial charge in [-0.1, -0.05) is 60.2 Å². The lowest BCUT2D eigenvalue weighted by Gasteiger charge is -2.24. The van der Waals surface area contributed by atoms with Crippen molar-refractivity contribution in [2.45, 2.75) is 19.4 Å². The Bertz CT molecular complexity index is 1400. The summed E-state index contributed by atoms with van der Waals surface area (Å²) in [4.78, 5) is 53.4. The molecule has 3 aromatic carbocycles. The zero-order valence-electron chi connectivity index (χ0n) is 20.3. The number of nitrogens with zero attached hydrogens (tertiary/aromatic N) is 4. The molecule has 2 aliphatic rings. The molecule has 0 aliphatic carbocycles. The molecule has 9 heteroatoms. The third-order valence-corrected chi connectivity index (χ3v) is 6.41. The van der Waals surface area contributed by atoms with E-state index in [0.717, 1.165) is 21.6 Å². The van der Waals surface area contributed by atoms with Gasteiger partial charge in [-0.15, -0.1) is 0 Å². The third kappa shape index (κ3) is 4.47. The average Bonchev–Trinajstić information content (AvgIpc) is 3.46. The standard InChI is InChI=1S/C28H24N4O5/c1-18-8-12-21(13-9-18)31-27(35)26(34)30(28(31)36)17-25(33)32-24(20-10-14-22(37-2)15-11-20)16-23(29-32)19-6-4-3-5-7-19/h3-15,24H,16-17H2,1-2H3. The molecule has 0 saturated carbocycles. The highest BCUT2D eigenvalue weighted by atomic mass is 16.5. The summed E-state index contributed by atoms with van der Waals surface area (Å²) in [6.45, 7) is 1.26. The van der Waals surface area contributed by atoms with Crippen LogP contribution < -0.4 is 9.64 Å². The number of anilines is 1. The molecule has 0 bridgehead atoms. The summed E-state index contributed by atoms with van der Waals surface area (Å²) in [5.41, 5.74) is 3.59. The van der Waals surface area contributed by atoms with Crippen LogP contribution in [-0.4, -0.2) is 53.0 Å². The lowest BCUT2D eigenvalue weighted by molar-refractivity contribution is -0.142. The number of imide groups is 2. The molecule has 5 rings (SSSR count). The number of aryl methyl sites for hydroxylation is 1. The molecule has 3 aromatic rings. The summed E-state index contributed by atoms with van der Waals surface area (Å²) in [5, 5.41) is 5.87. The number of amides is 5. The van der Waals surface area contributed by atoms with E-state index in [0.29, 0.717) is 22.8 Å². The number of hydrazone groups is 1. The van der Waals surface area contributed by atoms with Gasteiger partial charge in [-0.2, -0.15) is 5.10 Å². The van der Waals surface area contributed by atoms with Crippen LogP contribution in [0, 0.1) is 6.92 Å². The number of methoxy groups -OCH3 is 1. The minimum Gasteiger partial charge on any atom is -0.497 e. The predicted octanol–water partition coefficient (Wildman–Crippen LogP) is 3.68. The van der Waals surface area contributed by atoms with Gasteiger partial charge in [-0.25, -0.2) is 19.6 Å². The zero-order valence-corrected chi connectivity index (χ0v) is 20.3. The smallest absolute Gasteiger partial charge is 0.339 e. The van der Waals surface area contributed by atoms with Crippen LogP contribution in [0.25, 0.3) is 0 Å². The monoisotopic (exact) mass is 496 g/mol. The summed E-state index contributed by atoms with van der Waals surface area (Å²) < 4.78 is 5.24. The molecule has 0 spiro atoms. The van der Waals surface area contributed by atoms with Gasteiger partial charge in [0.2, 0.25) is 0 Å². The van der Waals surface area contributed by atoms with Crippen molar-refractivity contribution in [1.29, 1.82) is 0 Å². The number of rotatable bonds is 6. The number of carbonyl (C=O) groups is 4. The van der Waals surface area contributed by atoms with Crippen molar-refractivity contribution in [2.75, 3.05) is 18.6 Å². The maximum Gasteiger partial charge on any atom is 0.339 e. The Kier molecular flexibility index (Phi) is 6.27. The largest absolute Gasteiger partial charge is 0.497 e. The molecular formula is C28H24N4O5. The van der Waals surface area contributed by atoms with Crippen molar-refractivity contribution in [3.05, 3.63) is 95.6 Å². The normalized spacial score (nSPS) is 17.5. The topological polar surface area (TPSA) is 99.6 Å². The highest BCUT2D eigenvalue weighted by Crippen LogP contribution is 2.34. The first-order valence-electron chi connectivity index (χ1n) is 11.7. The van der Waals surface area contributed by atoms with Crippen molar-refractivity contribution in [3.63, 3.8) is 0 Å². The molecule has 0 radical (unpaired) electrons. The molecule has 37 heavy (non-hydrogen) atoms. The lowest BCUT2D eigenvalue weighted by atomic mass is 9.98. The molecule has 0 N–H and O–H groups in total. The molecule has 1 saturated heterocycles. The molecule has 2 aliphatic heterocycles. The molecule has 9 nitrogen and oxygen atoms in total. The van der Waals surface area contributed by atoms with Gasteiger partial charge in [0.25, 0.3) is 5.91 Å². The van der Waals surface area contributed by atoms with E-state index in [-0.39, 0.29) is 5.69 Å². The minimum atomic E-state index is -1.05. The van der Waals surface area contributed by atoms with Gasteiger partial charge < -0.3 is 4.74 Å². The zero-order chi connectivity index (χ0) is 26.1. The lowest BCUT2D eigenvalue weighted by Crippen LogP contribution is -2.42. The van der Waals surface area contributed by atoms with Crippen LogP contribution >= 0.6 is 0 Å². The van der Waals surface area contributed by atoms with E-state index in [9.17, 15) is 19.2 Å². The molecule has 1 fully saturated rings. The number of carbonyl (C=O) groups excluding carboxylic acids is 4. The fourth-order valence-electron chi connectivity index (χ4n) is 4.41. The number of urea groups is 1. The van der Waals surface area contributed by atoms with Crippen molar-refractivity contribution in [3.8, 4) is 5.75 Å². The van der Waals surface area contributed by atoms with Gasteiger partial charge in [0.15, 0.2) is 0 Å². The first kappa shape index (κ1) is 23.9. The minimum absolute atomic E-state index is 0.269. The second kappa shape index (κ2) is 9.69. The summed E-state index contributed by atoms with van der Waals surface area (Å²) in [7, 11) is 1.57. The first-order valence-corrected chi connectivity index (χ1v) is 11.7. The van der Waals surface area contributed by atoms with Crippen LogP contribution in [0.1, 0.15) is 29.2 Å². The number of ether oxygens (including phenoxy) is 1. The second-order valence-corrected chi connectivity index (χ2v) is 8.79. The van der Waals surface area contributed by atoms with Crippen LogP contribution in [0.2, 0.25) is 0 Å². The Morgan fingerprint density at radius 3 is 2.24 bits per heavy atom. The van der Waals surface area contributed by atoms with Gasteiger partial charge in [-0.3, -0.25) is 14.4 Å². The van der Waals surface area contributed by atoms with Crippen molar-refractivity contribution >= 4 is 35.2 Å². The Balaban J connectivity index is 1.42. The van der Waals surface area contributed by atoms with E-state index < -0.39 is 36.3 Å². The second-order valence-electron chi connectivity index (χ2n) is 8.79. The van der Waals surface area contributed by atoms with E-state index in [2.05, 4.69) is 5.10 Å². The Morgan fingerprint density at radius 2 is 1.59 bits per heavy atom. The fraction of sp³-hybridized carbons (Fsp3) is 0.179.